The van der Waals surface area contributed by atoms with E-state index in [0.717, 1.165) is 18.9 Å². The van der Waals surface area contributed by atoms with Crippen molar-refractivity contribution >= 4 is 28.3 Å². The van der Waals surface area contributed by atoms with Gasteiger partial charge in [-0.3, -0.25) is 0 Å². The Bertz CT molecular complexity index is 823. The molecule has 0 fully saturated rings. The minimum Gasteiger partial charge on any atom is -0.368 e. The van der Waals surface area contributed by atoms with Gasteiger partial charge in [0.2, 0.25) is 0 Å². The van der Waals surface area contributed by atoms with Gasteiger partial charge in [-0.15, -0.1) is 0 Å². The number of fused-ring (bicyclic) bond motifs is 1. The van der Waals surface area contributed by atoms with Crippen LogP contribution in [-0.2, 0) is 6.54 Å². The summed E-state index contributed by atoms with van der Waals surface area (Å²) in [5, 5.41) is 5.08. The lowest BCUT2D eigenvalue weighted by molar-refractivity contribution is 0.731. The third-order valence-electron chi connectivity index (χ3n) is 3.96. The number of nitrogens with one attached hydrogen (secondary N) is 1. The summed E-state index contributed by atoms with van der Waals surface area (Å²) in [7, 11) is 0. The van der Waals surface area contributed by atoms with Gasteiger partial charge in [-0.2, -0.15) is 0 Å². The van der Waals surface area contributed by atoms with Gasteiger partial charge in [0.1, 0.15) is 17.3 Å². The minimum atomic E-state index is 0.451. The first-order valence-corrected chi connectivity index (χ1v) is 7.71. The highest BCUT2D eigenvalue weighted by molar-refractivity contribution is 6.29. The van der Waals surface area contributed by atoms with E-state index in [4.69, 9.17) is 11.6 Å². The highest BCUT2D eigenvalue weighted by Gasteiger charge is 2.09. The third-order valence-corrected chi connectivity index (χ3v) is 4.17. The number of aryl methyl sites for hydroxylation is 3. The molecule has 3 rings (SSSR count). The van der Waals surface area contributed by atoms with Crippen LogP contribution in [0, 0.1) is 20.8 Å². The normalized spacial score (nSPS) is 11.1. The standard InChI is InChI=1S/C17H19ClN4/c1-11-4-5-12(2)17-14(11)8-13(3)22(17)7-6-19-16-9-15(18)20-10-21-16/h4-5,8-10H,6-7H2,1-3H3,(H,19,20,21). The van der Waals surface area contributed by atoms with Crippen LogP contribution >= 0.6 is 11.6 Å². The molecule has 2 aromatic heterocycles. The fourth-order valence-electron chi connectivity index (χ4n) is 2.84. The molecule has 3 aromatic rings. The Morgan fingerprint density at radius 1 is 1.09 bits per heavy atom. The summed E-state index contributed by atoms with van der Waals surface area (Å²) in [6, 6.07) is 8.37. The molecule has 0 amide bonds. The Kier molecular flexibility index (Phi) is 4.03. The summed E-state index contributed by atoms with van der Waals surface area (Å²) in [4.78, 5) is 8.04. The van der Waals surface area contributed by atoms with Crippen LogP contribution in [0.4, 0.5) is 5.82 Å². The molecule has 0 aliphatic carbocycles. The van der Waals surface area contributed by atoms with Gasteiger partial charge in [-0.05, 0) is 38.0 Å². The zero-order valence-corrected chi connectivity index (χ0v) is 13.8. The molecule has 2 heterocycles. The zero-order valence-electron chi connectivity index (χ0n) is 13.0. The number of hydrogen-bond acceptors (Lipinski definition) is 3. The van der Waals surface area contributed by atoms with Crippen molar-refractivity contribution in [1.82, 2.24) is 14.5 Å². The van der Waals surface area contributed by atoms with Crippen molar-refractivity contribution in [2.24, 2.45) is 0 Å². The summed E-state index contributed by atoms with van der Waals surface area (Å²) in [5.41, 5.74) is 5.21. The molecule has 0 atom stereocenters. The average Bonchev–Trinajstić information content (AvgIpc) is 2.82. The van der Waals surface area contributed by atoms with E-state index >= 15 is 0 Å². The van der Waals surface area contributed by atoms with Crippen molar-refractivity contribution in [3.63, 3.8) is 0 Å². The van der Waals surface area contributed by atoms with E-state index in [1.165, 1.54) is 34.1 Å². The third kappa shape index (κ3) is 2.79. The van der Waals surface area contributed by atoms with Crippen LogP contribution in [0.2, 0.25) is 5.15 Å². The van der Waals surface area contributed by atoms with Gasteiger partial charge in [0.15, 0.2) is 0 Å². The second kappa shape index (κ2) is 5.97. The van der Waals surface area contributed by atoms with Crippen LogP contribution in [0.5, 0.6) is 0 Å². The summed E-state index contributed by atoms with van der Waals surface area (Å²) in [6.07, 6.45) is 1.47. The molecule has 0 unspecified atom stereocenters. The highest BCUT2D eigenvalue weighted by atomic mass is 35.5. The molecule has 4 nitrogen and oxygen atoms in total. The maximum atomic E-state index is 5.87. The van der Waals surface area contributed by atoms with E-state index in [-0.39, 0.29) is 0 Å². The fourth-order valence-corrected chi connectivity index (χ4v) is 2.98. The van der Waals surface area contributed by atoms with E-state index in [2.05, 4.69) is 58.8 Å². The van der Waals surface area contributed by atoms with Gasteiger partial charge in [-0.1, -0.05) is 23.7 Å². The van der Waals surface area contributed by atoms with Gasteiger partial charge in [-0.25, -0.2) is 9.97 Å². The second-order valence-corrected chi connectivity index (χ2v) is 5.94. The molecule has 22 heavy (non-hydrogen) atoms. The highest BCUT2D eigenvalue weighted by Crippen LogP contribution is 2.26. The molecule has 0 bridgehead atoms. The van der Waals surface area contributed by atoms with Crippen LogP contribution in [0.3, 0.4) is 0 Å². The van der Waals surface area contributed by atoms with Gasteiger partial charge in [0.25, 0.3) is 0 Å². The molecule has 5 heteroatoms. The topological polar surface area (TPSA) is 42.7 Å². The molecular weight excluding hydrogens is 296 g/mol. The summed E-state index contributed by atoms with van der Waals surface area (Å²) in [5.74, 6) is 0.752. The lowest BCUT2D eigenvalue weighted by Crippen LogP contribution is -2.12. The van der Waals surface area contributed by atoms with Crippen molar-refractivity contribution < 1.29 is 0 Å². The first-order valence-electron chi connectivity index (χ1n) is 7.33. The molecule has 0 saturated heterocycles. The summed E-state index contributed by atoms with van der Waals surface area (Å²) < 4.78 is 2.35. The largest absolute Gasteiger partial charge is 0.368 e. The van der Waals surface area contributed by atoms with Crippen molar-refractivity contribution in [2.75, 3.05) is 11.9 Å². The smallest absolute Gasteiger partial charge is 0.134 e. The van der Waals surface area contributed by atoms with Gasteiger partial charge in [0, 0.05) is 30.2 Å². The lowest BCUT2D eigenvalue weighted by Gasteiger charge is -2.12. The number of benzene rings is 1. The summed E-state index contributed by atoms with van der Waals surface area (Å²) >= 11 is 5.87. The second-order valence-electron chi connectivity index (χ2n) is 5.55. The fraction of sp³-hybridized carbons (Fsp3) is 0.294. The van der Waals surface area contributed by atoms with Crippen LogP contribution in [-0.4, -0.2) is 21.1 Å². The van der Waals surface area contributed by atoms with Gasteiger partial charge < -0.3 is 9.88 Å². The van der Waals surface area contributed by atoms with Crippen molar-refractivity contribution in [2.45, 2.75) is 27.3 Å². The molecule has 114 valence electrons. The molecule has 1 N–H and O–H groups in total. The number of anilines is 1. The Balaban J connectivity index is 1.82. The molecule has 1 aromatic carbocycles. The molecule has 0 saturated carbocycles. The maximum Gasteiger partial charge on any atom is 0.134 e. The van der Waals surface area contributed by atoms with Crippen molar-refractivity contribution in [1.29, 1.82) is 0 Å². The van der Waals surface area contributed by atoms with E-state index in [9.17, 15) is 0 Å². The number of rotatable bonds is 4. The Morgan fingerprint density at radius 3 is 2.64 bits per heavy atom. The average molecular weight is 315 g/mol. The number of halogens is 1. The predicted octanol–water partition coefficient (Wildman–Crippen LogP) is 4.12. The van der Waals surface area contributed by atoms with Gasteiger partial charge >= 0.3 is 0 Å². The molecule has 0 radical (unpaired) electrons. The van der Waals surface area contributed by atoms with Crippen molar-refractivity contribution in [3.8, 4) is 0 Å². The lowest BCUT2D eigenvalue weighted by atomic mass is 10.1. The van der Waals surface area contributed by atoms with Crippen LogP contribution in [0.15, 0.2) is 30.6 Å². The van der Waals surface area contributed by atoms with Crippen LogP contribution in [0.1, 0.15) is 16.8 Å². The Hall–Kier alpha value is -2.07. The van der Waals surface area contributed by atoms with E-state index < -0.39 is 0 Å². The number of aromatic nitrogens is 3. The van der Waals surface area contributed by atoms with Crippen LogP contribution < -0.4 is 5.32 Å². The Labute approximate surface area is 135 Å². The quantitative estimate of drug-likeness (QED) is 0.737. The zero-order chi connectivity index (χ0) is 15.7. The Morgan fingerprint density at radius 2 is 1.86 bits per heavy atom. The molecule has 0 spiro atoms. The molecule has 0 aliphatic heterocycles. The molecular formula is C17H19ClN4. The SMILES string of the molecule is Cc1ccc(C)c2c1cc(C)n2CCNc1cc(Cl)ncn1. The molecule has 0 aliphatic rings. The van der Waals surface area contributed by atoms with E-state index in [1.54, 1.807) is 6.07 Å². The summed E-state index contributed by atoms with van der Waals surface area (Å²) in [6.45, 7) is 8.13. The first kappa shape index (κ1) is 14.9. The number of hydrogen-bond donors (Lipinski definition) is 1. The first-order chi connectivity index (χ1) is 10.6. The van der Waals surface area contributed by atoms with E-state index in [1.807, 2.05) is 0 Å². The minimum absolute atomic E-state index is 0.451. The van der Waals surface area contributed by atoms with Crippen molar-refractivity contribution in [3.05, 3.63) is 52.6 Å². The maximum absolute atomic E-state index is 5.87. The number of nitrogens with zero attached hydrogens (tertiary/aromatic N) is 3. The van der Waals surface area contributed by atoms with Crippen LogP contribution in [0.25, 0.3) is 10.9 Å². The van der Waals surface area contributed by atoms with Gasteiger partial charge in [0.05, 0.1) is 5.52 Å². The monoisotopic (exact) mass is 314 g/mol. The van der Waals surface area contributed by atoms with E-state index in [0.29, 0.717) is 5.15 Å². The predicted molar refractivity (Wildman–Crippen MR) is 91.7 cm³/mol.